The summed E-state index contributed by atoms with van der Waals surface area (Å²) in [5.41, 5.74) is 6.35. The second kappa shape index (κ2) is 10.2. The first-order chi connectivity index (χ1) is 18.9. The molecule has 1 aliphatic rings. The Morgan fingerprint density at radius 3 is 2.92 bits per heavy atom. The predicted octanol–water partition coefficient (Wildman–Crippen LogP) is 4.07. The molecule has 0 radical (unpaired) electrons. The molecule has 6 rings (SSSR count). The Kier molecular flexibility index (Phi) is 6.53. The zero-order valence-corrected chi connectivity index (χ0v) is 22.4. The second-order valence-electron chi connectivity index (χ2n) is 9.22. The van der Waals surface area contributed by atoms with E-state index < -0.39 is 6.04 Å². The van der Waals surface area contributed by atoms with E-state index in [4.69, 9.17) is 5.73 Å². The van der Waals surface area contributed by atoms with Gasteiger partial charge in [0.25, 0.3) is 5.56 Å². The van der Waals surface area contributed by atoms with Crippen LogP contribution >= 0.6 is 22.7 Å². The molecule has 1 aromatic carbocycles. The van der Waals surface area contributed by atoms with Crippen LogP contribution < -0.4 is 21.9 Å². The Bertz CT molecular complexity index is 1760. The third-order valence-corrected chi connectivity index (χ3v) is 8.74. The molecule has 5 heterocycles. The molecule has 0 fully saturated rings. The Morgan fingerprint density at radius 2 is 2.08 bits per heavy atom. The molecule has 1 aliphatic heterocycles. The molecule has 0 bridgehead atoms. The minimum atomic E-state index is -0.648. The van der Waals surface area contributed by atoms with Crippen LogP contribution in [0.5, 0.6) is 0 Å². The number of hydrogen-bond donors (Lipinski definition) is 3. The maximum absolute atomic E-state index is 13.6. The van der Waals surface area contributed by atoms with Crippen LogP contribution in [0.4, 0.5) is 15.9 Å². The minimum Gasteiger partial charge on any atom is -0.384 e. The van der Waals surface area contributed by atoms with Gasteiger partial charge in [-0.2, -0.15) is 0 Å². The molecule has 0 unspecified atom stereocenters. The number of nitrogens with zero attached hydrogens (tertiary/aromatic N) is 5. The normalized spacial score (nSPS) is 15.3. The first kappa shape index (κ1) is 25.1. The highest BCUT2D eigenvalue weighted by Crippen LogP contribution is 2.30. The van der Waals surface area contributed by atoms with Gasteiger partial charge in [0.15, 0.2) is 0 Å². The summed E-state index contributed by atoms with van der Waals surface area (Å²) in [6.45, 7) is 2.19. The maximum atomic E-state index is 13.6. The number of thiophene rings is 1. The van der Waals surface area contributed by atoms with Gasteiger partial charge in [0.2, 0.25) is 5.91 Å². The number of carbonyl (C=O) groups is 1. The zero-order chi connectivity index (χ0) is 27.1. The molecular formula is C26H23FN8O2S2. The smallest absolute Gasteiger partial charge is 0.277 e. The van der Waals surface area contributed by atoms with Crippen LogP contribution in [-0.4, -0.2) is 30.6 Å². The second-order valence-corrected chi connectivity index (χ2v) is 11.4. The van der Waals surface area contributed by atoms with Crippen molar-refractivity contribution in [1.29, 1.82) is 0 Å². The lowest BCUT2D eigenvalue weighted by Gasteiger charge is -2.17. The van der Waals surface area contributed by atoms with Crippen molar-refractivity contribution in [2.24, 2.45) is 0 Å². The number of carbonyl (C=O) groups excluding carboxylic acids is 1. The topological polar surface area (TPSA) is 141 Å². The molecule has 5 aromatic rings. The number of nitrogen functional groups attached to an aromatic ring is 1. The summed E-state index contributed by atoms with van der Waals surface area (Å²) >= 11 is 2.85. The highest BCUT2D eigenvalue weighted by Gasteiger charge is 2.31. The van der Waals surface area contributed by atoms with Gasteiger partial charge < -0.3 is 16.4 Å². The summed E-state index contributed by atoms with van der Waals surface area (Å²) in [6.07, 6.45) is 4.23. The molecule has 1 amide bonds. The number of pyridine rings is 1. The quantitative estimate of drug-likeness (QED) is 0.270. The van der Waals surface area contributed by atoms with Gasteiger partial charge in [-0.15, -0.1) is 21.5 Å². The van der Waals surface area contributed by atoms with E-state index in [0.29, 0.717) is 46.6 Å². The van der Waals surface area contributed by atoms with Crippen molar-refractivity contribution in [1.82, 2.24) is 30.0 Å². The molecule has 4 aromatic heterocycles. The number of fused-ring (bicyclic) bond motifs is 2. The molecule has 2 atom stereocenters. The number of nitrogens with two attached hydrogens (primary N) is 1. The first-order valence-corrected chi connectivity index (χ1v) is 13.9. The summed E-state index contributed by atoms with van der Waals surface area (Å²) in [7, 11) is 0. The molecule has 0 saturated heterocycles. The van der Waals surface area contributed by atoms with Gasteiger partial charge in [-0.1, -0.05) is 23.5 Å². The van der Waals surface area contributed by atoms with Gasteiger partial charge in [-0.05, 0) is 37.6 Å². The van der Waals surface area contributed by atoms with E-state index in [1.54, 1.807) is 18.3 Å². The van der Waals surface area contributed by atoms with E-state index >= 15 is 0 Å². The Morgan fingerprint density at radius 1 is 1.21 bits per heavy atom. The van der Waals surface area contributed by atoms with Crippen LogP contribution in [0.15, 0.2) is 53.6 Å². The van der Waals surface area contributed by atoms with Gasteiger partial charge in [-0.3, -0.25) is 14.2 Å². The Labute approximate surface area is 229 Å². The fourth-order valence-electron chi connectivity index (χ4n) is 4.58. The Balaban J connectivity index is 1.16. The van der Waals surface area contributed by atoms with Crippen LogP contribution in [-0.2, 0) is 17.8 Å². The van der Waals surface area contributed by atoms with Gasteiger partial charge in [0.1, 0.15) is 39.2 Å². The lowest BCUT2D eigenvalue weighted by molar-refractivity contribution is -0.124. The van der Waals surface area contributed by atoms with Crippen molar-refractivity contribution in [3.63, 3.8) is 0 Å². The average Bonchev–Trinajstić information content (AvgIpc) is 3.67. The monoisotopic (exact) mass is 562 g/mol. The summed E-state index contributed by atoms with van der Waals surface area (Å²) in [5, 5.41) is 16.7. The Hall–Kier alpha value is -4.23. The molecule has 10 nitrogen and oxygen atoms in total. The number of anilines is 2. The van der Waals surface area contributed by atoms with Crippen LogP contribution in [0.2, 0.25) is 0 Å². The molecular weight excluding hydrogens is 539 g/mol. The summed E-state index contributed by atoms with van der Waals surface area (Å²) in [5.74, 6) is 0.441. The minimum absolute atomic E-state index is 0.234. The van der Waals surface area contributed by atoms with E-state index in [-0.39, 0.29) is 29.0 Å². The van der Waals surface area contributed by atoms with Crippen LogP contribution in [0.25, 0.3) is 20.7 Å². The van der Waals surface area contributed by atoms with Crippen molar-refractivity contribution < 1.29 is 9.18 Å². The fourth-order valence-corrected chi connectivity index (χ4v) is 6.44. The molecule has 0 spiro atoms. The maximum Gasteiger partial charge on any atom is 0.277 e. The molecule has 13 heteroatoms. The molecule has 4 N–H and O–H groups in total. The molecule has 198 valence electrons. The van der Waals surface area contributed by atoms with E-state index in [0.717, 1.165) is 15.0 Å². The fraction of sp³-hybridized carbons (Fsp3) is 0.231. The summed E-state index contributed by atoms with van der Waals surface area (Å²) in [6, 6.07) is 8.93. The van der Waals surface area contributed by atoms with Crippen molar-refractivity contribution in [3.05, 3.63) is 80.7 Å². The van der Waals surface area contributed by atoms with Crippen LogP contribution in [0.1, 0.15) is 41.1 Å². The number of rotatable bonds is 7. The largest absolute Gasteiger partial charge is 0.384 e. The third kappa shape index (κ3) is 4.98. The van der Waals surface area contributed by atoms with E-state index in [2.05, 4.69) is 30.8 Å². The lowest BCUT2D eigenvalue weighted by atomic mass is 10.2. The summed E-state index contributed by atoms with van der Waals surface area (Å²) < 4.78 is 16.1. The zero-order valence-electron chi connectivity index (χ0n) is 20.7. The molecule has 0 saturated carbocycles. The first-order valence-electron chi connectivity index (χ1n) is 12.2. The van der Waals surface area contributed by atoms with E-state index in [9.17, 15) is 14.0 Å². The number of aryl methyl sites for hydroxylation is 1. The highest BCUT2D eigenvalue weighted by atomic mass is 32.1. The van der Waals surface area contributed by atoms with E-state index in [1.807, 2.05) is 19.1 Å². The number of aromatic nitrogens is 5. The van der Waals surface area contributed by atoms with Gasteiger partial charge in [0, 0.05) is 33.1 Å². The standard InChI is InChI=1S/C26H23FN8O2S2/c1-13(24-33-34-25(39-24)14-3-2-4-16(27)7-14)32-18-12-30-22-6-5-19(35(22)26(18)37)23(36)31-11-17-8-15-10-29-21(28)9-20(15)38-17/h2-4,7-10,12-13,19,32H,5-6,11H2,1H3,(H2,28,29)(H,31,36)/t13-,19+/m1/s1. The van der Waals surface area contributed by atoms with E-state index in [1.165, 1.54) is 45.6 Å². The lowest BCUT2D eigenvalue weighted by Crippen LogP contribution is -2.36. The SMILES string of the molecule is C[C@@H](Nc1cnc2n(c1=O)[C@H](C(=O)NCc1cc3cnc(N)cc3s1)CC2)c1nnc(-c2cccc(F)c2)s1. The van der Waals surface area contributed by atoms with Gasteiger partial charge in [0.05, 0.1) is 18.8 Å². The molecule has 0 aliphatic carbocycles. The third-order valence-electron chi connectivity index (χ3n) is 6.49. The number of halogens is 1. The van der Waals surface area contributed by atoms with Gasteiger partial charge >= 0.3 is 0 Å². The van der Waals surface area contributed by atoms with Crippen molar-refractivity contribution in [2.45, 2.75) is 38.4 Å². The van der Waals surface area contributed by atoms with Crippen molar-refractivity contribution >= 4 is 50.2 Å². The number of benzene rings is 1. The number of nitrogens with one attached hydrogen (secondary N) is 2. The highest BCUT2D eigenvalue weighted by molar-refractivity contribution is 7.19. The summed E-state index contributed by atoms with van der Waals surface area (Å²) in [4.78, 5) is 36.1. The average molecular weight is 563 g/mol. The van der Waals surface area contributed by atoms with Gasteiger partial charge in [-0.25, -0.2) is 14.4 Å². The number of amides is 1. The van der Waals surface area contributed by atoms with Crippen LogP contribution in [0.3, 0.4) is 0 Å². The van der Waals surface area contributed by atoms with Crippen molar-refractivity contribution in [2.75, 3.05) is 11.1 Å². The molecule has 39 heavy (non-hydrogen) atoms. The number of hydrogen-bond acceptors (Lipinski definition) is 10. The predicted molar refractivity (Wildman–Crippen MR) is 149 cm³/mol. The van der Waals surface area contributed by atoms with Crippen LogP contribution in [0, 0.1) is 5.82 Å². The van der Waals surface area contributed by atoms with Crippen molar-refractivity contribution in [3.8, 4) is 10.6 Å².